The summed E-state index contributed by atoms with van der Waals surface area (Å²) in [6.45, 7) is 6.92. The van der Waals surface area contributed by atoms with Crippen LogP contribution in [0, 0.1) is 10.8 Å². The number of phenolic OH excluding ortho intramolecular Hbond substituents is 2. The Kier molecular flexibility index (Phi) is 9.66. The number of hydrogen-bond acceptors (Lipinski definition) is 4. The van der Waals surface area contributed by atoms with Crippen molar-refractivity contribution in [1.82, 2.24) is 0 Å². The van der Waals surface area contributed by atoms with Crippen molar-refractivity contribution in [3.05, 3.63) is 23.3 Å². The predicted molar refractivity (Wildman–Crippen MR) is 117 cm³/mol. The molecule has 0 saturated carbocycles. The number of carboxylic acids is 2. The number of unbranched alkanes of at least 4 members (excludes halogenated alkanes) is 4. The van der Waals surface area contributed by atoms with Crippen LogP contribution in [0.5, 0.6) is 11.5 Å². The molecule has 1 rings (SSSR count). The van der Waals surface area contributed by atoms with E-state index in [0.29, 0.717) is 25.7 Å². The van der Waals surface area contributed by atoms with E-state index in [4.69, 9.17) is 5.11 Å². The first-order valence-corrected chi connectivity index (χ1v) is 10.9. The molecule has 30 heavy (non-hydrogen) atoms. The zero-order chi connectivity index (χ0) is 22.9. The predicted octanol–water partition coefficient (Wildman–Crippen LogP) is 5.53. The van der Waals surface area contributed by atoms with Gasteiger partial charge in [0.05, 0.1) is 10.8 Å². The second kappa shape index (κ2) is 11.2. The number of phenols is 2. The van der Waals surface area contributed by atoms with Crippen molar-refractivity contribution >= 4 is 11.9 Å². The lowest BCUT2D eigenvalue weighted by Crippen LogP contribution is -2.23. The van der Waals surface area contributed by atoms with E-state index < -0.39 is 22.8 Å². The molecule has 0 saturated heterocycles. The Morgan fingerprint density at radius 2 is 1.03 bits per heavy atom. The van der Waals surface area contributed by atoms with Crippen molar-refractivity contribution in [3.8, 4) is 11.5 Å². The highest BCUT2D eigenvalue weighted by Gasteiger charge is 2.26. The molecule has 0 amide bonds. The maximum atomic E-state index is 11.2. The van der Waals surface area contributed by atoms with Crippen molar-refractivity contribution in [2.24, 2.45) is 10.8 Å². The number of aryl methyl sites for hydroxylation is 2. The fraction of sp³-hybridized carbons (Fsp3) is 0.667. The number of hydrogen-bond donors (Lipinski definition) is 4. The molecule has 1 aromatic rings. The van der Waals surface area contributed by atoms with Crippen molar-refractivity contribution in [2.45, 2.75) is 91.9 Å². The molecule has 170 valence electrons. The molecule has 0 aliphatic rings. The van der Waals surface area contributed by atoms with Crippen LogP contribution in [0.2, 0.25) is 0 Å². The van der Waals surface area contributed by atoms with E-state index >= 15 is 0 Å². The van der Waals surface area contributed by atoms with Crippen LogP contribution in [-0.2, 0) is 22.4 Å². The van der Waals surface area contributed by atoms with E-state index in [1.165, 1.54) is 6.07 Å². The van der Waals surface area contributed by atoms with Crippen LogP contribution in [0.1, 0.15) is 90.2 Å². The Hall–Kier alpha value is -2.24. The molecule has 6 heteroatoms. The molecule has 6 nitrogen and oxygen atoms in total. The Labute approximate surface area is 180 Å². The Bertz CT molecular complexity index is 721. The average Bonchev–Trinajstić information content (AvgIpc) is 2.63. The minimum atomic E-state index is -0.802. The lowest BCUT2D eigenvalue weighted by atomic mass is 9.86. The minimum absolute atomic E-state index is 0.0737. The van der Waals surface area contributed by atoms with Crippen molar-refractivity contribution in [1.29, 1.82) is 0 Å². The van der Waals surface area contributed by atoms with E-state index in [9.17, 15) is 24.9 Å². The summed E-state index contributed by atoms with van der Waals surface area (Å²) in [4.78, 5) is 22.3. The Balaban J connectivity index is 2.47. The van der Waals surface area contributed by atoms with Crippen LogP contribution < -0.4 is 0 Å². The van der Waals surface area contributed by atoms with Gasteiger partial charge in [0.1, 0.15) is 11.5 Å². The zero-order valence-corrected chi connectivity index (χ0v) is 18.8. The fourth-order valence-electron chi connectivity index (χ4n) is 3.41. The summed E-state index contributed by atoms with van der Waals surface area (Å²) >= 11 is 0. The average molecular weight is 423 g/mol. The first-order chi connectivity index (χ1) is 13.9. The quantitative estimate of drug-likeness (QED) is 0.293. The largest absolute Gasteiger partial charge is 0.508 e. The lowest BCUT2D eigenvalue weighted by molar-refractivity contribution is -0.148. The van der Waals surface area contributed by atoms with Crippen LogP contribution in [0.4, 0.5) is 0 Å². The molecule has 0 aliphatic carbocycles. The van der Waals surface area contributed by atoms with Crippen molar-refractivity contribution in [2.75, 3.05) is 0 Å². The molecule has 0 radical (unpaired) electrons. The van der Waals surface area contributed by atoms with Crippen molar-refractivity contribution in [3.63, 3.8) is 0 Å². The summed E-state index contributed by atoms with van der Waals surface area (Å²) in [5.41, 5.74) is 0.143. The number of rotatable bonds is 14. The molecular formula is C24H38O6. The SMILES string of the molecule is CC(C)(CCCCCCc1cc(CCCCC(C)(C)C(=O)O)c(O)cc1O)C(=O)O. The van der Waals surface area contributed by atoms with Gasteiger partial charge < -0.3 is 20.4 Å². The van der Waals surface area contributed by atoms with Crippen molar-refractivity contribution < 1.29 is 30.0 Å². The van der Waals surface area contributed by atoms with Crippen LogP contribution in [0.25, 0.3) is 0 Å². The van der Waals surface area contributed by atoms with Crippen LogP contribution in [-0.4, -0.2) is 32.4 Å². The summed E-state index contributed by atoms with van der Waals surface area (Å²) < 4.78 is 0. The highest BCUT2D eigenvalue weighted by Crippen LogP contribution is 2.31. The normalized spacial score (nSPS) is 12.1. The van der Waals surface area contributed by atoms with Gasteiger partial charge in [-0.2, -0.15) is 0 Å². The van der Waals surface area contributed by atoms with Crippen LogP contribution in [0.3, 0.4) is 0 Å². The van der Waals surface area contributed by atoms with Gasteiger partial charge in [0.2, 0.25) is 0 Å². The molecule has 0 heterocycles. The number of benzene rings is 1. The van der Waals surface area contributed by atoms with Gasteiger partial charge in [-0.15, -0.1) is 0 Å². The highest BCUT2D eigenvalue weighted by molar-refractivity contribution is 5.73. The summed E-state index contributed by atoms with van der Waals surface area (Å²) in [6, 6.07) is 3.24. The Morgan fingerprint density at radius 3 is 1.47 bits per heavy atom. The number of aliphatic carboxylic acids is 2. The van der Waals surface area contributed by atoms with Gasteiger partial charge in [-0.3, -0.25) is 9.59 Å². The molecule has 0 bridgehead atoms. The maximum Gasteiger partial charge on any atom is 0.309 e. The monoisotopic (exact) mass is 422 g/mol. The van der Waals surface area contributed by atoms with Gasteiger partial charge in [0, 0.05) is 6.07 Å². The van der Waals surface area contributed by atoms with E-state index in [1.54, 1.807) is 27.7 Å². The highest BCUT2D eigenvalue weighted by atomic mass is 16.4. The molecular weight excluding hydrogens is 384 g/mol. The van der Waals surface area contributed by atoms with Gasteiger partial charge >= 0.3 is 11.9 Å². The van der Waals surface area contributed by atoms with E-state index in [0.717, 1.165) is 49.7 Å². The van der Waals surface area contributed by atoms with Gasteiger partial charge in [-0.1, -0.05) is 25.7 Å². The van der Waals surface area contributed by atoms with E-state index in [-0.39, 0.29) is 11.5 Å². The molecule has 4 N–H and O–H groups in total. The standard InChI is InChI=1S/C24H38O6/c1-23(2,21(27)28)13-9-6-5-7-11-17-15-18(20(26)16-19(17)25)12-8-10-14-24(3,4)22(29)30/h15-16,25-26H,5-14H2,1-4H3,(H,27,28)(H,29,30). The molecule has 0 atom stereocenters. The lowest BCUT2D eigenvalue weighted by Gasteiger charge is -2.18. The fourth-order valence-corrected chi connectivity index (χ4v) is 3.41. The summed E-state index contributed by atoms with van der Waals surface area (Å²) in [5, 5.41) is 38.6. The second-order valence-electron chi connectivity index (χ2n) is 9.61. The smallest absolute Gasteiger partial charge is 0.309 e. The molecule has 0 aromatic heterocycles. The molecule has 0 fully saturated rings. The van der Waals surface area contributed by atoms with Crippen LogP contribution in [0.15, 0.2) is 12.1 Å². The third kappa shape index (κ3) is 8.25. The second-order valence-corrected chi connectivity index (χ2v) is 9.61. The first-order valence-electron chi connectivity index (χ1n) is 10.9. The maximum absolute atomic E-state index is 11.2. The summed E-state index contributed by atoms with van der Waals surface area (Å²) in [6.07, 6.45) is 7.73. The van der Waals surface area contributed by atoms with Gasteiger partial charge in [0.25, 0.3) is 0 Å². The number of carboxylic acid groups (broad SMARTS) is 2. The van der Waals surface area contributed by atoms with E-state index in [1.807, 2.05) is 6.07 Å². The first kappa shape index (κ1) is 25.8. The Morgan fingerprint density at radius 1 is 0.667 bits per heavy atom. The minimum Gasteiger partial charge on any atom is -0.508 e. The number of carbonyl (C=O) groups is 2. The molecule has 0 aliphatic heterocycles. The summed E-state index contributed by atoms with van der Waals surface area (Å²) in [5.74, 6) is -1.40. The molecule has 0 unspecified atom stereocenters. The third-order valence-electron chi connectivity index (χ3n) is 5.93. The third-order valence-corrected chi connectivity index (χ3v) is 5.93. The van der Waals surface area contributed by atoms with Gasteiger partial charge in [0.15, 0.2) is 0 Å². The van der Waals surface area contributed by atoms with Gasteiger partial charge in [-0.05, 0) is 83.4 Å². The topological polar surface area (TPSA) is 115 Å². The molecule has 1 aromatic carbocycles. The van der Waals surface area contributed by atoms with E-state index in [2.05, 4.69) is 0 Å². The van der Waals surface area contributed by atoms with Crippen LogP contribution >= 0.6 is 0 Å². The number of aromatic hydroxyl groups is 2. The molecule has 0 spiro atoms. The summed E-state index contributed by atoms with van der Waals surface area (Å²) in [7, 11) is 0. The van der Waals surface area contributed by atoms with Gasteiger partial charge in [-0.25, -0.2) is 0 Å². The zero-order valence-electron chi connectivity index (χ0n) is 18.8.